The summed E-state index contributed by atoms with van der Waals surface area (Å²) >= 11 is 5.84. The molecule has 1 saturated heterocycles. The van der Waals surface area contributed by atoms with Crippen molar-refractivity contribution in [3.8, 4) is 0 Å². The van der Waals surface area contributed by atoms with Crippen molar-refractivity contribution < 1.29 is 9.53 Å². The molecular weight excluding hydrogens is 226 g/mol. The largest absolute Gasteiger partial charge is 0.365 e. The molecular formula is C12H22ClNO2. The first-order valence-electron chi connectivity index (χ1n) is 6.04. The van der Waals surface area contributed by atoms with Crippen LogP contribution < -0.4 is 5.32 Å². The van der Waals surface area contributed by atoms with Gasteiger partial charge in [0, 0.05) is 11.9 Å². The Kier molecular flexibility index (Phi) is 5.56. The number of halogens is 1. The van der Waals surface area contributed by atoms with Crippen LogP contribution in [0.25, 0.3) is 0 Å². The predicted octanol–water partition coefficient (Wildman–Crippen LogP) is 2.32. The fourth-order valence-corrected chi connectivity index (χ4v) is 2.22. The summed E-state index contributed by atoms with van der Waals surface area (Å²) < 4.78 is 5.52. The molecule has 1 heterocycles. The molecule has 0 aliphatic carbocycles. The number of rotatable bonds is 5. The zero-order valence-corrected chi connectivity index (χ0v) is 11.1. The van der Waals surface area contributed by atoms with Gasteiger partial charge in [-0.3, -0.25) is 4.79 Å². The maximum atomic E-state index is 11.8. The molecule has 1 amide bonds. The molecule has 94 valence electrons. The van der Waals surface area contributed by atoms with Crippen LogP contribution in [0.15, 0.2) is 0 Å². The Morgan fingerprint density at radius 2 is 2.19 bits per heavy atom. The second kappa shape index (κ2) is 6.45. The molecule has 3 atom stereocenters. The van der Waals surface area contributed by atoms with Gasteiger partial charge in [-0.2, -0.15) is 0 Å². The first-order chi connectivity index (χ1) is 7.52. The van der Waals surface area contributed by atoms with E-state index in [1.165, 1.54) is 0 Å². The number of alkyl halides is 1. The third-order valence-electron chi connectivity index (χ3n) is 2.81. The van der Waals surface area contributed by atoms with Crippen LogP contribution >= 0.6 is 11.6 Å². The Morgan fingerprint density at radius 1 is 1.50 bits per heavy atom. The van der Waals surface area contributed by atoms with Crippen molar-refractivity contribution in [1.29, 1.82) is 0 Å². The number of carbonyl (C=O) groups excluding carboxylic acids is 1. The number of amides is 1. The number of carbonyl (C=O) groups is 1. The lowest BCUT2D eigenvalue weighted by Gasteiger charge is -2.20. The lowest BCUT2D eigenvalue weighted by atomic mass is 10.0. The van der Waals surface area contributed by atoms with Crippen LogP contribution in [-0.2, 0) is 9.53 Å². The van der Waals surface area contributed by atoms with E-state index in [-0.39, 0.29) is 24.2 Å². The van der Waals surface area contributed by atoms with Gasteiger partial charge in [-0.05, 0) is 32.1 Å². The molecule has 0 aromatic carbocycles. The highest BCUT2D eigenvalue weighted by Gasteiger charge is 2.29. The van der Waals surface area contributed by atoms with E-state index in [0.29, 0.717) is 11.8 Å². The smallest absolute Gasteiger partial charge is 0.249 e. The highest BCUT2D eigenvalue weighted by atomic mass is 35.5. The Morgan fingerprint density at radius 3 is 2.62 bits per heavy atom. The standard InChI is InChI=1S/C12H22ClNO2/c1-8(2)6-10(7-13)14-12(15)11-5-4-9(3)16-11/h8-11H,4-7H2,1-3H3,(H,14,15). The molecule has 1 N–H and O–H groups in total. The normalized spacial score (nSPS) is 27.1. The van der Waals surface area contributed by atoms with Crippen molar-refractivity contribution in [3.63, 3.8) is 0 Å². The van der Waals surface area contributed by atoms with Gasteiger partial charge in [0.2, 0.25) is 5.91 Å². The highest BCUT2D eigenvalue weighted by Crippen LogP contribution is 2.19. The Balaban J connectivity index is 2.36. The molecule has 3 unspecified atom stereocenters. The van der Waals surface area contributed by atoms with Crippen molar-refractivity contribution in [2.45, 2.75) is 58.3 Å². The summed E-state index contributed by atoms with van der Waals surface area (Å²) in [6.45, 7) is 6.25. The lowest BCUT2D eigenvalue weighted by molar-refractivity contribution is -0.132. The van der Waals surface area contributed by atoms with Crippen molar-refractivity contribution in [3.05, 3.63) is 0 Å². The summed E-state index contributed by atoms with van der Waals surface area (Å²) in [4.78, 5) is 11.8. The number of nitrogens with one attached hydrogen (secondary N) is 1. The van der Waals surface area contributed by atoms with E-state index in [4.69, 9.17) is 16.3 Å². The summed E-state index contributed by atoms with van der Waals surface area (Å²) in [7, 11) is 0. The SMILES string of the molecule is CC(C)CC(CCl)NC(=O)C1CCC(C)O1. The second-order valence-corrected chi connectivity index (χ2v) is 5.31. The van der Waals surface area contributed by atoms with Crippen molar-refractivity contribution >= 4 is 17.5 Å². The maximum Gasteiger partial charge on any atom is 0.249 e. The fraction of sp³-hybridized carbons (Fsp3) is 0.917. The first kappa shape index (κ1) is 13.8. The van der Waals surface area contributed by atoms with E-state index in [2.05, 4.69) is 19.2 Å². The number of hydrogen-bond donors (Lipinski definition) is 1. The summed E-state index contributed by atoms with van der Waals surface area (Å²) in [5, 5.41) is 2.96. The highest BCUT2D eigenvalue weighted by molar-refractivity contribution is 6.18. The van der Waals surface area contributed by atoms with E-state index < -0.39 is 0 Å². The summed E-state index contributed by atoms with van der Waals surface area (Å²) in [5.41, 5.74) is 0. The zero-order chi connectivity index (χ0) is 12.1. The molecule has 0 aromatic rings. The maximum absolute atomic E-state index is 11.8. The third-order valence-corrected chi connectivity index (χ3v) is 3.19. The summed E-state index contributed by atoms with van der Waals surface area (Å²) in [5.74, 6) is 0.995. The van der Waals surface area contributed by atoms with Crippen LogP contribution in [0.1, 0.15) is 40.0 Å². The fourth-order valence-electron chi connectivity index (χ4n) is 2.02. The topological polar surface area (TPSA) is 38.3 Å². The van der Waals surface area contributed by atoms with Gasteiger partial charge in [0.15, 0.2) is 0 Å². The average Bonchev–Trinajstić information content (AvgIpc) is 2.63. The lowest BCUT2D eigenvalue weighted by Crippen LogP contribution is -2.43. The van der Waals surface area contributed by atoms with Gasteiger partial charge in [0.25, 0.3) is 0 Å². The number of hydrogen-bond acceptors (Lipinski definition) is 2. The van der Waals surface area contributed by atoms with E-state index >= 15 is 0 Å². The van der Waals surface area contributed by atoms with E-state index in [1.807, 2.05) is 6.92 Å². The van der Waals surface area contributed by atoms with Crippen LogP contribution in [0.4, 0.5) is 0 Å². The van der Waals surface area contributed by atoms with Crippen LogP contribution in [0.3, 0.4) is 0 Å². The van der Waals surface area contributed by atoms with Gasteiger partial charge in [-0.25, -0.2) is 0 Å². The minimum absolute atomic E-state index is 0.00403. The van der Waals surface area contributed by atoms with Crippen LogP contribution in [0, 0.1) is 5.92 Å². The third kappa shape index (κ3) is 4.30. The Hall–Kier alpha value is -0.280. The molecule has 0 radical (unpaired) electrons. The monoisotopic (exact) mass is 247 g/mol. The van der Waals surface area contributed by atoms with Gasteiger partial charge < -0.3 is 10.1 Å². The molecule has 0 saturated carbocycles. The predicted molar refractivity (Wildman–Crippen MR) is 65.7 cm³/mol. The molecule has 1 fully saturated rings. The van der Waals surface area contributed by atoms with Crippen molar-refractivity contribution in [1.82, 2.24) is 5.32 Å². The molecule has 1 aliphatic rings. The van der Waals surface area contributed by atoms with Crippen LogP contribution in [0.2, 0.25) is 0 Å². The molecule has 1 rings (SSSR count). The molecule has 0 bridgehead atoms. The van der Waals surface area contributed by atoms with Gasteiger partial charge in [0.1, 0.15) is 6.10 Å². The van der Waals surface area contributed by atoms with Crippen molar-refractivity contribution in [2.75, 3.05) is 5.88 Å². The summed E-state index contributed by atoms with van der Waals surface area (Å²) in [6.07, 6.45) is 2.64. The minimum atomic E-state index is -0.270. The summed E-state index contributed by atoms with van der Waals surface area (Å²) in [6, 6.07) is 0.0636. The molecule has 1 aliphatic heterocycles. The molecule has 3 nitrogen and oxygen atoms in total. The number of ether oxygens (including phenoxy) is 1. The van der Waals surface area contributed by atoms with Crippen LogP contribution in [-0.4, -0.2) is 30.0 Å². The van der Waals surface area contributed by atoms with E-state index in [0.717, 1.165) is 19.3 Å². The van der Waals surface area contributed by atoms with Gasteiger partial charge in [-0.1, -0.05) is 13.8 Å². The van der Waals surface area contributed by atoms with Gasteiger partial charge in [-0.15, -0.1) is 11.6 Å². The Bertz CT molecular complexity index is 233. The first-order valence-corrected chi connectivity index (χ1v) is 6.58. The second-order valence-electron chi connectivity index (χ2n) is 5.00. The van der Waals surface area contributed by atoms with Crippen LogP contribution in [0.5, 0.6) is 0 Å². The minimum Gasteiger partial charge on any atom is -0.365 e. The average molecular weight is 248 g/mol. The van der Waals surface area contributed by atoms with E-state index in [9.17, 15) is 4.79 Å². The van der Waals surface area contributed by atoms with E-state index in [1.54, 1.807) is 0 Å². The molecule has 16 heavy (non-hydrogen) atoms. The molecule has 0 spiro atoms. The van der Waals surface area contributed by atoms with Crippen molar-refractivity contribution in [2.24, 2.45) is 5.92 Å². The Labute approximate surface area is 103 Å². The zero-order valence-electron chi connectivity index (χ0n) is 10.3. The molecule has 4 heteroatoms. The van der Waals surface area contributed by atoms with Gasteiger partial charge >= 0.3 is 0 Å². The molecule has 0 aromatic heterocycles. The van der Waals surface area contributed by atoms with Gasteiger partial charge in [0.05, 0.1) is 6.10 Å². The quantitative estimate of drug-likeness (QED) is 0.758.